The van der Waals surface area contributed by atoms with E-state index in [2.05, 4.69) is 0 Å². The quantitative estimate of drug-likeness (QED) is 0.473. The van der Waals surface area contributed by atoms with E-state index >= 15 is 0 Å². The van der Waals surface area contributed by atoms with E-state index < -0.39 is 46.8 Å². The van der Waals surface area contributed by atoms with Crippen molar-refractivity contribution in [2.75, 3.05) is 12.5 Å². The highest BCUT2D eigenvalue weighted by Gasteiger charge is 2.30. The Morgan fingerprint density at radius 3 is 1.92 bits per heavy atom. The van der Waals surface area contributed by atoms with Gasteiger partial charge in [-0.2, -0.15) is 0 Å². The molecule has 0 aliphatic heterocycles. The molecule has 0 radical (unpaired) electrons. The average Bonchev–Trinajstić information content (AvgIpc) is 2.44. The van der Waals surface area contributed by atoms with Crippen molar-refractivity contribution in [3.05, 3.63) is 28.8 Å². The number of carbonyl (C=O) groups excluding carboxylic acids is 2. The first kappa shape index (κ1) is 19.3. The first-order valence-electron chi connectivity index (χ1n) is 7.39. The number of rotatable bonds is 3. The zero-order valence-corrected chi connectivity index (χ0v) is 15.6. The van der Waals surface area contributed by atoms with Crippen molar-refractivity contribution in [3.8, 4) is 0 Å². The molecule has 0 aromatic heterocycles. The molecule has 25 heavy (non-hydrogen) atoms. The molecule has 0 saturated heterocycles. The summed E-state index contributed by atoms with van der Waals surface area (Å²) in [4.78, 5) is 23.1. The molecule has 2 rings (SSSR count). The van der Waals surface area contributed by atoms with Gasteiger partial charge in [-0.3, -0.25) is 9.59 Å². The largest absolute Gasteiger partial charge is 0.506 e. The van der Waals surface area contributed by atoms with Gasteiger partial charge in [-0.15, -0.1) is 0 Å². The van der Waals surface area contributed by atoms with Crippen LogP contribution >= 0.6 is 0 Å². The first-order valence-corrected chi connectivity index (χ1v) is 11.2. The summed E-state index contributed by atoms with van der Waals surface area (Å²) in [5.41, 5.74) is -0.436. The van der Waals surface area contributed by atoms with Crippen LogP contribution in [0.4, 0.5) is 0 Å². The minimum Gasteiger partial charge on any atom is -0.506 e. The Bertz CT molecular complexity index is 995. The predicted molar refractivity (Wildman–Crippen MR) is 90.8 cm³/mol. The fourth-order valence-electron chi connectivity index (χ4n) is 2.89. The molecule has 1 saturated carbocycles. The third-order valence-electron chi connectivity index (χ3n) is 4.00. The van der Waals surface area contributed by atoms with Crippen LogP contribution in [0.2, 0.25) is 0 Å². The number of ketones is 2. The van der Waals surface area contributed by atoms with Crippen LogP contribution in [0.5, 0.6) is 0 Å². The Balaban J connectivity index is 2.86. The van der Waals surface area contributed by atoms with Crippen molar-refractivity contribution in [1.82, 2.24) is 0 Å². The van der Waals surface area contributed by atoms with Gasteiger partial charge in [0.1, 0.15) is 11.3 Å². The summed E-state index contributed by atoms with van der Waals surface area (Å²) in [5.74, 6) is -1.64. The van der Waals surface area contributed by atoms with Gasteiger partial charge < -0.3 is 5.11 Å². The Hall–Kier alpha value is -2.00. The lowest BCUT2D eigenvalue weighted by molar-refractivity contribution is -0.123. The molecule has 1 N–H and O–H groups in total. The number of benzene rings is 1. The van der Waals surface area contributed by atoms with E-state index in [1.807, 2.05) is 0 Å². The van der Waals surface area contributed by atoms with Crippen molar-refractivity contribution in [2.45, 2.75) is 36.0 Å². The van der Waals surface area contributed by atoms with Crippen LogP contribution in [0.25, 0.3) is 5.76 Å². The summed E-state index contributed by atoms with van der Waals surface area (Å²) in [7, 11) is -7.78. The summed E-state index contributed by atoms with van der Waals surface area (Å²) in [6, 6.07) is 2.26. The van der Waals surface area contributed by atoms with Crippen LogP contribution in [0.15, 0.2) is 27.5 Å². The molecule has 9 heteroatoms. The van der Waals surface area contributed by atoms with Crippen molar-refractivity contribution < 1.29 is 31.5 Å². The van der Waals surface area contributed by atoms with E-state index in [-0.39, 0.29) is 29.5 Å². The standard InChI is InChI=1S/C16H18O7S2/c1-9-10(15(19)14-11(17)5-4-6-12(14)18)7-8-13(24(2,20)21)16(9)25(3,22)23/h7-8,19H,4-6H2,1-3H3. The van der Waals surface area contributed by atoms with Gasteiger partial charge in [-0.05, 0) is 31.0 Å². The normalized spacial score (nSPS) is 16.2. The SMILES string of the molecule is Cc1c(C(O)=C2C(=O)CCCC2=O)ccc(S(C)(=O)=O)c1S(C)(=O)=O. The van der Waals surface area contributed by atoms with Gasteiger partial charge >= 0.3 is 0 Å². The van der Waals surface area contributed by atoms with E-state index in [0.29, 0.717) is 6.42 Å². The molecule has 1 aliphatic carbocycles. The number of carbonyl (C=O) groups is 2. The maximum Gasteiger partial charge on any atom is 0.177 e. The van der Waals surface area contributed by atoms with E-state index in [9.17, 15) is 31.5 Å². The van der Waals surface area contributed by atoms with Crippen molar-refractivity contribution >= 4 is 37.0 Å². The summed E-state index contributed by atoms with van der Waals surface area (Å²) < 4.78 is 48.0. The van der Waals surface area contributed by atoms with Crippen LogP contribution in [0, 0.1) is 6.92 Å². The second-order valence-corrected chi connectivity index (χ2v) is 9.97. The second-order valence-electron chi connectivity index (χ2n) is 6.03. The fourth-order valence-corrected chi connectivity index (χ4v) is 5.70. The van der Waals surface area contributed by atoms with E-state index in [1.54, 1.807) is 0 Å². The van der Waals surface area contributed by atoms with Crippen molar-refractivity contribution in [2.24, 2.45) is 0 Å². The molecule has 136 valence electrons. The topological polar surface area (TPSA) is 123 Å². The molecule has 1 aromatic rings. The lowest BCUT2D eigenvalue weighted by atomic mass is 9.89. The Labute approximate surface area is 146 Å². The van der Waals surface area contributed by atoms with E-state index in [4.69, 9.17) is 0 Å². The third kappa shape index (κ3) is 3.67. The molecular formula is C16H18O7S2. The second kappa shape index (κ2) is 6.38. The van der Waals surface area contributed by atoms with Gasteiger partial charge in [0, 0.05) is 30.9 Å². The van der Waals surface area contributed by atoms with Gasteiger partial charge in [-0.1, -0.05) is 0 Å². The van der Waals surface area contributed by atoms with Crippen LogP contribution in [0.1, 0.15) is 30.4 Å². The monoisotopic (exact) mass is 386 g/mol. The maximum absolute atomic E-state index is 12.1. The van der Waals surface area contributed by atoms with Gasteiger partial charge in [0.25, 0.3) is 0 Å². The number of hydrogen-bond donors (Lipinski definition) is 1. The van der Waals surface area contributed by atoms with E-state index in [1.165, 1.54) is 13.0 Å². The first-order chi connectivity index (χ1) is 11.4. The number of sulfone groups is 2. The van der Waals surface area contributed by atoms with Gasteiger partial charge in [0.15, 0.2) is 31.2 Å². The molecule has 1 aromatic carbocycles. The molecule has 0 heterocycles. The minimum atomic E-state index is -3.94. The van der Waals surface area contributed by atoms with Crippen LogP contribution < -0.4 is 0 Å². The van der Waals surface area contributed by atoms with Gasteiger partial charge in [-0.25, -0.2) is 16.8 Å². The molecule has 0 atom stereocenters. The number of aliphatic hydroxyl groups excluding tert-OH is 1. The summed E-state index contributed by atoms with van der Waals surface area (Å²) in [5, 5.41) is 10.4. The van der Waals surface area contributed by atoms with Gasteiger partial charge in [0.2, 0.25) is 0 Å². The molecule has 0 amide bonds. The number of allylic oxidation sites excluding steroid dienone is 1. The van der Waals surface area contributed by atoms with Crippen molar-refractivity contribution in [3.63, 3.8) is 0 Å². The molecule has 0 spiro atoms. The molecule has 0 bridgehead atoms. The lowest BCUT2D eigenvalue weighted by Crippen LogP contribution is -2.21. The molecular weight excluding hydrogens is 368 g/mol. The zero-order chi connectivity index (χ0) is 19.2. The summed E-state index contributed by atoms with van der Waals surface area (Å²) >= 11 is 0. The Morgan fingerprint density at radius 1 is 0.960 bits per heavy atom. The predicted octanol–water partition coefficient (Wildman–Crippen LogP) is 1.39. The smallest absolute Gasteiger partial charge is 0.177 e. The van der Waals surface area contributed by atoms with E-state index in [0.717, 1.165) is 18.6 Å². The minimum absolute atomic E-state index is 0.0263. The molecule has 7 nitrogen and oxygen atoms in total. The summed E-state index contributed by atoms with van der Waals surface area (Å²) in [6.07, 6.45) is 2.36. The number of hydrogen-bond acceptors (Lipinski definition) is 7. The van der Waals surface area contributed by atoms with Crippen molar-refractivity contribution in [1.29, 1.82) is 0 Å². The summed E-state index contributed by atoms with van der Waals surface area (Å²) in [6.45, 7) is 1.33. The Kier molecular flexibility index (Phi) is 4.93. The van der Waals surface area contributed by atoms with Crippen LogP contribution in [-0.4, -0.2) is 46.0 Å². The molecule has 1 fully saturated rings. The molecule has 1 aliphatic rings. The fraction of sp³-hybridized carbons (Fsp3) is 0.375. The maximum atomic E-state index is 12.1. The molecule has 0 unspecified atom stereocenters. The lowest BCUT2D eigenvalue weighted by Gasteiger charge is -2.17. The zero-order valence-electron chi connectivity index (χ0n) is 14.0. The van der Waals surface area contributed by atoms with Gasteiger partial charge in [0.05, 0.1) is 9.79 Å². The third-order valence-corrected chi connectivity index (χ3v) is 6.53. The number of Topliss-reactive ketones (excluding diaryl/α,β-unsaturated/α-hetero) is 2. The highest BCUT2D eigenvalue weighted by atomic mass is 32.2. The number of aliphatic hydroxyl groups is 1. The highest BCUT2D eigenvalue weighted by Crippen LogP contribution is 2.32. The highest BCUT2D eigenvalue weighted by molar-refractivity contribution is 7.93. The van der Waals surface area contributed by atoms with Crippen LogP contribution in [0.3, 0.4) is 0 Å². The average molecular weight is 386 g/mol. The Morgan fingerprint density at radius 2 is 1.48 bits per heavy atom. The van der Waals surface area contributed by atoms with Crippen LogP contribution in [-0.2, 0) is 29.3 Å².